The lowest BCUT2D eigenvalue weighted by molar-refractivity contribution is -0.373. The van der Waals surface area contributed by atoms with Crippen LogP contribution < -0.4 is 0 Å². The Morgan fingerprint density at radius 2 is 1.67 bits per heavy atom. The molecule has 2 fully saturated rings. The predicted octanol–water partition coefficient (Wildman–Crippen LogP) is 2.83. The molecule has 8 heteroatoms. The lowest BCUT2D eigenvalue weighted by Crippen LogP contribution is -2.58. The van der Waals surface area contributed by atoms with Gasteiger partial charge in [-0.3, -0.25) is 0 Å². The maximum atomic E-state index is 14.0. The molecule has 0 radical (unpaired) electrons. The van der Waals surface area contributed by atoms with E-state index in [9.17, 15) is 19.0 Å². The Bertz CT molecular complexity index is 905. The van der Waals surface area contributed by atoms with E-state index in [-0.39, 0.29) is 18.2 Å². The molecule has 2 aliphatic rings. The van der Waals surface area contributed by atoms with Crippen molar-refractivity contribution in [3.63, 3.8) is 0 Å². The van der Waals surface area contributed by atoms with Gasteiger partial charge in [0.2, 0.25) is 0 Å². The standard InChI is InChI=1S/C22H24F2O6/c1-11-3-4-14(8-16(11)24)21-27-10-18-20(30-21)19(17(26)9-25)29-22(28-18)13-5-6-15(23)12(2)7-13/h3-8,17-22,25-26H,9-10H2,1-2H3/t17-,18+,19-,20-,21?,22?/m1/s1. The fraction of sp³-hybridized carbons (Fsp3) is 0.455. The largest absolute Gasteiger partial charge is 0.394 e. The van der Waals surface area contributed by atoms with Crippen molar-refractivity contribution in [1.82, 2.24) is 0 Å². The maximum absolute atomic E-state index is 14.0. The molecular weight excluding hydrogens is 398 g/mol. The molecule has 4 rings (SSSR count). The van der Waals surface area contributed by atoms with Gasteiger partial charge in [-0.15, -0.1) is 0 Å². The molecule has 162 valence electrons. The van der Waals surface area contributed by atoms with Crippen LogP contribution in [0.4, 0.5) is 8.78 Å². The summed E-state index contributed by atoms with van der Waals surface area (Å²) in [7, 11) is 0. The topological polar surface area (TPSA) is 77.4 Å². The average molecular weight is 422 g/mol. The third-order valence-electron chi connectivity index (χ3n) is 5.45. The van der Waals surface area contributed by atoms with E-state index in [1.165, 1.54) is 18.2 Å². The summed E-state index contributed by atoms with van der Waals surface area (Å²) in [5, 5.41) is 19.9. The van der Waals surface area contributed by atoms with Gasteiger partial charge in [0.1, 0.15) is 36.1 Å². The highest BCUT2D eigenvalue weighted by Crippen LogP contribution is 2.39. The first-order valence-corrected chi connectivity index (χ1v) is 9.76. The minimum atomic E-state index is -1.24. The molecule has 0 aromatic heterocycles. The Morgan fingerprint density at radius 1 is 0.933 bits per heavy atom. The van der Waals surface area contributed by atoms with Crippen LogP contribution in [0.3, 0.4) is 0 Å². The Kier molecular flexibility index (Phi) is 6.15. The van der Waals surface area contributed by atoms with Gasteiger partial charge in [0.15, 0.2) is 12.6 Å². The number of benzene rings is 2. The monoisotopic (exact) mass is 422 g/mol. The van der Waals surface area contributed by atoms with E-state index in [1.807, 2.05) is 0 Å². The van der Waals surface area contributed by atoms with Gasteiger partial charge >= 0.3 is 0 Å². The molecule has 2 N–H and O–H groups in total. The number of halogens is 2. The maximum Gasteiger partial charge on any atom is 0.184 e. The number of hydrogen-bond acceptors (Lipinski definition) is 6. The molecule has 2 aromatic carbocycles. The van der Waals surface area contributed by atoms with Gasteiger partial charge < -0.3 is 29.2 Å². The molecule has 6 atom stereocenters. The lowest BCUT2D eigenvalue weighted by Gasteiger charge is -2.47. The predicted molar refractivity (Wildman–Crippen MR) is 101 cm³/mol. The van der Waals surface area contributed by atoms with Crippen LogP contribution in [-0.2, 0) is 18.9 Å². The first-order valence-electron chi connectivity index (χ1n) is 9.76. The van der Waals surface area contributed by atoms with Gasteiger partial charge in [0, 0.05) is 11.1 Å². The third-order valence-corrected chi connectivity index (χ3v) is 5.45. The van der Waals surface area contributed by atoms with Crippen molar-refractivity contribution < 1.29 is 37.9 Å². The van der Waals surface area contributed by atoms with Gasteiger partial charge in [0.05, 0.1) is 13.2 Å². The zero-order valence-corrected chi connectivity index (χ0v) is 16.6. The Labute approximate surface area is 172 Å². The molecule has 0 bridgehead atoms. The van der Waals surface area contributed by atoms with Crippen molar-refractivity contribution in [3.8, 4) is 0 Å². The summed E-state index contributed by atoms with van der Waals surface area (Å²) >= 11 is 0. The molecular formula is C22H24F2O6. The SMILES string of the molecule is Cc1cc(C2O[C@H]([C@H](O)CO)[C@@H]3OC(c4ccc(C)c(F)c4)OC[C@@H]3O2)ccc1F. The molecule has 2 aromatic rings. The van der Waals surface area contributed by atoms with Crippen molar-refractivity contribution in [1.29, 1.82) is 0 Å². The van der Waals surface area contributed by atoms with Crippen LogP contribution in [0.5, 0.6) is 0 Å². The third kappa shape index (κ3) is 4.12. The van der Waals surface area contributed by atoms with Gasteiger partial charge in [0.25, 0.3) is 0 Å². The normalized spacial score (nSPS) is 30.0. The van der Waals surface area contributed by atoms with Crippen molar-refractivity contribution >= 4 is 0 Å². The number of aliphatic hydroxyl groups is 2. The van der Waals surface area contributed by atoms with E-state index >= 15 is 0 Å². The minimum Gasteiger partial charge on any atom is -0.394 e. The summed E-state index contributed by atoms with van der Waals surface area (Å²) in [6, 6.07) is 9.13. The number of ether oxygens (including phenoxy) is 4. The second kappa shape index (κ2) is 8.66. The molecule has 6 nitrogen and oxygen atoms in total. The fourth-order valence-corrected chi connectivity index (χ4v) is 3.68. The first kappa shape index (κ1) is 21.3. The Balaban J connectivity index is 1.57. The van der Waals surface area contributed by atoms with Gasteiger partial charge in [-0.2, -0.15) is 0 Å². The average Bonchev–Trinajstić information content (AvgIpc) is 2.75. The van der Waals surface area contributed by atoms with E-state index in [2.05, 4.69) is 0 Å². The van der Waals surface area contributed by atoms with Crippen molar-refractivity contribution in [2.24, 2.45) is 0 Å². The van der Waals surface area contributed by atoms with E-state index < -0.39 is 43.6 Å². The van der Waals surface area contributed by atoms with Crippen LogP contribution in [-0.4, -0.2) is 47.8 Å². The number of fused-ring (bicyclic) bond motifs is 1. The highest BCUT2D eigenvalue weighted by molar-refractivity contribution is 5.26. The Hall–Kier alpha value is -1.94. The fourth-order valence-electron chi connectivity index (χ4n) is 3.68. The van der Waals surface area contributed by atoms with Crippen LogP contribution in [0.15, 0.2) is 36.4 Å². The molecule has 2 aliphatic heterocycles. The summed E-state index contributed by atoms with van der Waals surface area (Å²) in [6.45, 7) is 2.85. The van der Waals surface area contributed by atoms with Crippen LogP contribution in [0, 0.1) is 25.5 Å². The van der Waals surface area contributed by atoms with E-state index in [0.29, 0.717) is 22.3 Å². The number of aliphatic hydroxyl groups excluding tert-OH is 2. The van der Waals surface area contributed by atoms with Gasteiger partial charge in [-0.25, -0.2) is 8.78 Å². The molecule has 0 amide bonds. The number of hydrogen-bond donors (Lipinski definition) is 2. The highest BCUT2D eigenvalue weighted by atomic mass is 19.1. The summed E-state index contributed by atoms with van der Waals surface area (Å²) in [5.41, 5.74) is 2.00. The second-order valence-electron chi connectivity index (χ2n) is 7.64. The van der Waals surface area contributed by atoms with Crippen LogP contribution >= 0.6 is 0 Å². The van der Waals surface area contributed by atoms with E-state index in [4.69, 9.17) is 18.9 Å². The summed E-state index contributed by atoms with van der Waals surface area (Å²) in [6.07, 6.45) is -5.28. The Morgan fingerprint density at radius 3 is 2.37 bits per heavy atom. The molecule has 30 heavy (non-hydrogen) atoms. The highest BCUT2D eigenvalue weighted by Gasteiger charge is 2.48. The molecule has 0 saturated carbocycles. The van der Waals surface area contributed by atoms with Crippen molar-refractivity contribution in [2.45, 2.75) is 50.8 Å². The molecule has 2 heterocycles. The molecule has 0 spiro atoms. The quantitative estimate of drug-likeness (QED) is 0.789. The molecule has 0 aliphatic carbocycles. The van der Waals surface area contributed by atoms with Crippen molar-refractivity contribution in [2.75, 3.05) is 13.2 Å². The number of aryl methyl sites for hydroxylation is 2. The summed E-state index contributed by atoms with van der Waals surface area (Å²) in [5.74, 6) is -0.728. The van der Waals surface area contributed by atoms with Crippen LogP contribution in [0.1, 0.15) is 34.8 Å². The van der Waals surface area contributed by atoms with E-state index in [0.717, 1.165) is 0 Å². The van der Waals surface area contributed by atoms with Gasteiger partial charge in [-0.1, -0.05) is 18.2 Å². The van der Waals surface area contributed by atoms with Gasteiger partial charge in [-0.05, 0) is 43.2 Å². The number of rotatable bonds is 4. The van der Waals surface area contributed by atoms with Crippen LogP contribution in [0.2, 0.25) is 0 Å². The minimum absolute atomic E-state index is 0.111. The summed E-state index contributed by atoms with van der Waals surface area (Å²) < 4.78 is 51.2. The van der Waals surface area contributed by atoms with Crippen LogP contribution in [0.25, 0.3) is 0 Å². The zero-order chi connectivity index (χ0) is 21.4. The van der Waals surface area contributed by atoms with Crippen molar-refractivity contribution in [3.05, 3.63) is 70.3 Å². The molecule has 2 saturated heterocycles. The second-order valence-corrected chi connectivity index (χ2v) is 7.64. The molecule has 2 unspecified atom stereocenters. The lowest BCUT2D eigenvalue weighted by atomic mass is 9.99. The summed E-state index contributed by atoms with van der Waals surface area (Å²) in [4.78, 5) is 0. The smallest absolute Gasteiger partial charge is 0.184 e. The first-order chi connectivity index (χ1) is 14.4. The zero-order valence-electron chi connectivity index (χ0n) is 16.6. The van der Waals surface area contributed by atoms with E-state index in [1.54, 1.807) is 32.0 Å².